The van der Waals surface area contributed by atoms with E-state index in [9.17, 15) is 14.9 Å². The number of nitrogens with zero attached hydrogens (tertiary/aromatic N) is 1. The summed E-state index contributed by atoms with van der Waals surface area (Å²) < 4.78 is 5.11. The number of rotatable bonds is 5. The fourth-order valence-electron chi connectivity index (χ4n) is 1.52. The average molecular weight is 288 g/mol. The van der Waals surface area contributed by atoms with Crippen molar-refractivity contribution >= 4 is 11.9 Å². The molecule has 1 rings (SSSR count). The van der Waals surface area contributed by atoms with Crippen molar-refractivity contribution in [2.75, 3.05) is 0 Å². The SMILES string of the molecule is CC(OC(=O)c1ccccc1)C(=O)NC(C)(C#N)C(C)C. The van der Waals surface area contributed by atoms with Crippen molar-refractivity contribution in [2.45, 2.75) is 39.3 Å². The molecule has 2 atom stereocenters. The highest BCUT2D eigenvalue weighted by molar-refractivity contribution is 5.92. The zero-order valence-corrected chi connectivity index (χ0v) is 12.7. The molecule has 0 heterocycles. The molecule has 0 aliphatic heterocycles. The summed E-state index contributed by atoms with van der Waals surface area (Å²) in [5.74, 6) is -1.12. The van der Waals surface area contributed by atoms with Crippen molar-refractivity contribution in [3.8, 4) is 6.07 Å². The van der Waals surface area contributed by atoms with Crippen LogP contribution in [0, 0.1) is 17.2 Å². The van der Waals surface area contributed by atoms with Gasteiger partial charge in [-0.3, -0.25) is 4.79 Å². The molecule has 1 aromatic carbocycles. The summed E-state index contributed by atoms with van der Waals surface area (Å²) in [6.07, 6.45) is -0.968. The molecule has 2 unspecified atom stereocenters. The Kier molecular flexibility index (Phi) is 5.48. The molecule has 0 fully saturated rings. The highest BCUT2D eigenvalue weighted by Gasteiger charge is 2.32. The molecule has 5 nitrogen and oxygen atoms in total. The van der Waals surface area contributed by atoms with E-state index in [1.807, 2.05) is 13.8 Å². The van der Waals surface area contributed by atoms with Crippen LogP contribution in [0.4, 0.5) is 0 Å². The Bertz CT molecular complexity index is 548. The first-order valence-electron chi connectivity index (χ1n) is 6.79. The third kappa shape index (κ3) is 4.32. The van der Waals surface area contributed by atoms with Crippen molar-refractivity contribution in [1.29, 1.82) is 5.26 Å². The Hall–Kier alpha value is -2.35. The number of carbonyl (C=O) groups is 2. The summed E-state index contributed by atoms with van der Waals surface area (Å²) in [6.45, 7) is 6.80. The lowest BCUT2D eigenvalue weighted by Crippen LogP contribution is -2.52. The number of nitrogens with one attached hydrogen (secondary N) is 1. The average Bonchev–Trinajstić information content (AvgIpc) is 2.47. The van der Waals surface area contributed by atoms with E-state index in [0.29, 0.717) is 5.56 Å². The van der Waals surface area contributed by atoms with Gasteiger partial charge in [0.15, 0.2) is 6.10 Å². The van der Waals surface area contributed by atoms with Gasteiger partial charge in [0.1, 0.15) is 5.54 Å². The van der Waals surface area contributed by atoms with Crippen molar-refractivity contribution in [1.82, 2.24) is 5.32 Å². The third-order valence-electron chi connectivity index (χ3n) is 3.43. The molecule has 0 aliphatic rings. The van der Waals surface area contributed by atoms with E-state index < -0.39 is 23.5 Å². The van der Waals surface area contributed by atoms with Gasteiger partial charge in [-0.1, -0.05) is 32.0 Å². The second-order valence-corrected chi connectivity index (χ2v) is 5.37. The van der Waals surface area contributed by atoms with Gasteiger partial charge in [-0.15, -0.1) is 0 Å². The highest BCUT2D eigenvalue weighted by Crippen LogP contribution is 2.15. The Balaban J connectivity index is 2.68. The minimum absolute atomic E-state index is 0.0662. The first-order chi connectivity index (χ1) is 9.80. The maximum atomic E-state index is 12.0. The van der Waals surface area contributed by atoms with Gasteiger partial charge in [0.25, 0.3) is 5.91 Å². The zero-order chi connectivity index (χ0) is 16.0. The minimum atomic E-state index is -0.996. The highest BCUT2D eigenvalue weighted by atomic mass is 16.5. The number of carbonyl (C=O) groups excluding carboxylic acids is 2. The first kappa shape index (κ1) is 16.7. The van der Waals surface area contributed by atoms with Crippen molar-refractivity contribution in [3.05, 3.63) is 35.9 Å². The van der Waals surface area contributed by atoms with Crippen LogP contribution in [0.5, 0.6) is 0 Å². The van der Waals surface area contributed by atoms with Gasteiger partial charge in [-0.05, 0) is 31.9 Å². The van der Waals surface area contributed by atoms with Gasteiger partial charge in [0, 0.05) is 0 Å². The summed E-state index contributed by atoms with van der Waals surface area (Å²) >= 11 is 0. The molecule has 0 aromatic heterocycles. The number of hydrogen-bond acceptors (Lipinski definition) is 4. The van der Waals surface area contributed by atoms with E-state index in [2.05, 4.69) is 11.4 Å². The largest absolute Gasteiger partial charge is 0.449 e. The molecule has 21 heavy (non-hydrogen) atoms. The second-order valence-electron chi connectivity index (χ2n) is 5.37. The molecule has 0 radical (unpaired) electrons. The number of nitriles is 1. The second kappa shape index (κ2) is 6.89. The standard InChI is InChI=1S/C16H20N2O3/c1-11(2)16(4,10-17)18-14(19)12(3)21-15(20)13-8-6-5-7-9-13/h5-9,11-12H,1-4H3,(H,18,19). The molecule has 0 aliphatic carbocycles. The Morgan fingerprint density at radius 2 is 1.81 bits per heavy atom. The van der Waals surface area contributed by atoms with Crippen LogP contribution in [0.25, 0.3) is 0 Å². The molecule has 1 N–H and O–H groups in total. The van der Waals surface area contributed by atoms with Crippen molar-refractivity contribution < 1.29 is 14.3 Å². The van der Waals surface area contributed by atoms with E-state index >= 15 is 0 Å². The summed E-state index contributed by atoms with van der Waals surface area (Å²) in [6, 6.07) is 10.5. The van der Waals surface area contributed by atoms with Crippen molar-refractivity contribution in [2.24, 2.45) is 5.92 Å². The molecule has 0 saturated heterocycles. The van der Waals surface area contributed by atoms with Crippen molar-refractivity contribution in [3.63, 3.8) is 0 Å². The molecule has 5 heteroatoms. The van der Waals surface area contributed by atoms with Gasteiger partial charge in [0.05, 0.1) is 11.6 Å². The molecule has 0 saturated carbocycles. The quantitative estimate of drug-likeness (QED) is 0.843. The lowest BCUT2D eigenvalue weighted by atomic mass is 9.90. The van der Waals surface area contributed by atoms with Crippen LogP contribution in [0.15, 0.2) is 30.3 Å². The Labute approximate surface area is 124 Å². The van der Waals surface area contributed by atoms with Crippen LogP contribution in [0.3, 0.4) is 0 Å². The number of ether oxygens (including phenoxy) is 1. The maximum absolute atomic E-state index is 12.0. The van der Waals surface area contributed by atoms with Crippen LogP contribution in [-0.2, 0) is 9.53 Å². The van der Waals surface area contributed by atoms with E-state index in [0.717, 1.165) is 0 Å². The van der Waals surface area contributed by atoms with Crippen LogP contribution in [0.2, 0.25) is 0 Å². The van der Waals surface area contributed by atoms with E-state index in [1.165, 1.54) is 6.92 Å². The fraction of sp³-hybridized carbons (Fsp3) is 0.438. The molecule has 112 valence electrons. The third-order valence-corrected chi connectivity index (χ3v) is 3.43. The maximum Gasteiger partial charge on any atom is 0.338 e. The molecular weight excluding hydrogens is 268 g/mol. The topological polar surface area (TPSA) is 79.2 Å². The smallest absolute Gasteiger partial charge is 0.338 e. The minimum Gasteiger partial charge on any atom is -0.449 e. The van der Waals surface area contributed by atoms with Crippen LogP contribution >= 0.6 is 0 Å². The molecule has 1 amide bonds. The molecule has 0 bridgehead atoms. The normalized spacial score (nSPS) is 14.7. The van der Waals surface area contributed by atoms with Gasteiger partial charge >= 0.3 is 5.97 Å². The van der Waals surface area contributed by atoms with Gasteiger partial charge in [-0.2, -0.15) is 5.26 Å². The molecular formula is C16H20N2O3. The molecule has 0 spiro atoms. The zero-order valence-electron chi connectivity index (χ0n) is 12.7. The van der Waals surface area contributed by atoms with Crippen LogP contribution in [0.1, 0.15) is 38.1 Å². The predicted molar refractivity (Wildman–Crippen MR) is 78.3 cm³/mol. The van der Waals surface area contributed by atoms with E-state index in [-0.39, 0.29) is 5.92 Å². The fourth-order valence-corrected chi connectivity index (χ4v) is 1.52. The van der Waals surface area contributed by atoms with Crippen LogP contribution < -0.4 is 5.32 Å². The number of hydrogen-bond donors (Lipinski definition) is 1. The van der Waals surface area contributed by atoms with E-state index in [4.69, 9.17) is 4.74 Å². The number of amides is 1. The van der Waals surface area contributed by atoms with Gasteiger partial charge in [0.2, 0.25) is 0 Å². The number of benzene rings is 1. The van der Waals surface area contributed by atoms with E-state index in [1.54, 1.807) is 37.3 Å². The summed E-state index contributed by atoms with van der Waals surface area (Å²) in [5.41, 5.74) is -0.617. The lowest BCUT2D eigenvalue weighted by Gasteiger charge is -2.28. The predicted octanol–water partition coefficient (Wildman–Crippen LogP) is 2.29. The number of esters is 1. The van der Waals surface area contributed by atoms with Crippen LogP contribution in [-0.4, -0.2) is 23.5 Å². The monoisotopic (exact) mass is 288 g/mol. The Morgan fingerprint density at radius 3 is 2.29 bits per heavy atom. The van der Waals surface area contributed by atoms with Gasteiger partial charge in [-0.25, -0.2) is 4.79 Å². The summed E-state index contributed by atoms with van der Waals surface area (Å²) in [4.78, 5) is 23.9. The summed E-state index contributed by atoms with van der Waals surface area (Å²) in [7, 11) is 0. The lowest BCUT2D eigenvalue weighted by molar-refractivity contribution is -0.130. The van der Waals surface area contributed by atoms with Gasteiger partial charge < -0.3 is 10.1 Å². The first-order valence-corrected chi connectivity index (χ1v) is 6.79. The summed E-state index contributed by atoms with van der Waals surface area (Å²) in [5, 5.41) is 11.8. The Morgan fingerprint density at radius 1 is 1.24 bits per heavy atom. The molecule has 1 aromatic rings.